The third-order valence-electron chi connectivity index (χ3n) is 1.67. The van der Waals surface area contributed by atoms with Crippen molar-refractivity contribution in [2.75, 3.05) is 5.73 Å². The zero-order valence-electron chi connectivity index (χ0n) is 7.35. The third-order valence-corrected chi connectivity index (χ3v) is 2.72. The number of hydrogen-bond donors (Lipinski definition) is 3. The lowest BCUT2D eigenvalue weighted by atomic mass is 10.1. The first-order valence-corrected chi connectivity index (χ1v) is 4.55. The molecule has 0 amide bonds. The van der Waals surface area contributed by atoms with Gasteiger partial charge in [-0.1, -0.05) is 0 Å². The first-order chi connectivity index (χ1) is 6.97. The van der Waals surface area contributed by atoms with E-state index in [9.17, 15) is 9.59 Å². The molecule has 0 saturated heterocycles. The van der Waals surface area contributed by atoms with E-state index < -0.39 is 18.4 Å². The Morgan fingerprint density at radius 3 is 2.47 bits per heavy atom. The number of carboxylic acids is 2. The molecule has 0 fully saturated rings. The number of nitriles is 1. The van der Waals surface area contributed by atoms with Crippen LogP contribution in [0.3, 0.4) is 0 Å². The van der Waals surface area contributed by atoms with Crippen LogP contribution in [0.5, 0.6) is 0 Å². The molecule has 0 aliphatic rings. The highest BCUT2D eigenvalue weighted by molar-refractivity contribution is 7.18. The number of nitrogens with zero attached hydrogens (tertiary/aromatic N) is 1. The largest absolute Gasteiger partial charge is 0.481 e. The summed E-state index contributed by atoms with van der Waals surface area (Å²) in [5.74, 6) is -2.48. The highest BCUT2D eigenvalue weighted by Gasteiger charge is 2.22. The molecule has 0 unspecified atom stereocenters. The fourth-order valence-corrected chi connectivity index (χ4v) is 1.98. The van der Waals surface area contributed by atoms with Gasteiger partial charge in [-0.25, -0.2) is 4.79 Å². The highest BCUT2D eigenvalue weighted by Crippen LogP contribution is 2.30. The van der Waals surface area contributed by atoms with Gasteiger partial charge in [0.2, 0.25) is 0 Å². The van der Waals surface area contributed by atoms with Gasteiger partial charge in [-0.2, -0.15) is 5.26 Å². The molecule has 1 aromatic rings. The molecule has 7 heteroatoms. The summed E-state index contributed by atoms with van der Waals surface area (Å²) in [7, 11) is 0. The molecule has 0 aliphatic heterocycles. The SMILES string of the molecule is N#Cc1c(N)sc(C(=O)O)c1CC(=O)O. The fourth-order valence-electron chi connectivity index (χ4n) is 1.10. The van der Waals surface area contributed by atoms with Crippen LogP contribution in [0.1, 0.15) is 20.8 Å². The molecule has 0 radical (unpaired) electrons. The van der Waals surface area contributed by atoms with Crippen molar-refractivity contribution in [1.82, 2.24) is 0 Å². The van der Waals surface area contributed by atoms with Crippen LogP contribution in [-0.4, -0.2) is 22.2 Å². The molecule has 1 rings (SSSR count). The number of nitrogen functional groups attached to an aromatic ring is 1. The van der Waals surface area contributed by atoms with Gasteiger partial charge in [0, 0.05) is 5.56 Å². The van der Waals surface area contributed by atoms with Gasteiger partial charge in [0.05, 0.1) is 12.0 Å². The van der Waals surface area contributed by atoms with E-state index in [0.29, 0.717) is 11.3 Å². The lowest BCUT2D eigenvalue weighted by molar-refractivity contribution is -0.136. The van der Waals surface area contributed by atoms with Crippen LogP contribution in [0, 0.1) is 11.3 Å². The summed E-state index contributed by atoms with van der Waals surface area (Å²) in [5.41, 5.74) is 5.32. The van der Waals surface area contributed by atoms with Crippen LogP contribution in [0.15, 0.2) is 0 Å². The van der Waals surface area contributed by atoms with E-state index in [2.05, 4.69) is 0 Å². The Hall–Kier alpha value is -2.07. The zero-order valence-corrected chi connectivity index (χ0v) is 8.17. The molecular weight excluding hydrogens is 220 g/mol. The van der Waals surface area contributed by atoms with Gasteiger partial charge in [-0.3, -0.25) is 4.79 Å². The minimum Gasteiger partial charge on any atom is -0.481 e. The molecule has 0 aliphatic carbocycles. The first-order valence-electron chi connectivity index (χ1n) is 3.73. The van der Waals surface area contributed by atoms with Crippen molar-refractivity contribution in [2.24, 2.45) is 0 Å². The maximum absolute atomic E-state index is 10.7. The molecule has 0 spiro atoms. The van der Waals surface area contributed by atoms with Crippen LogP contribution in [0.4, 0.5) is 5.00 Å². The summed E-state index contributed by atoms with van der Waals surface area (Å²) in [6.45, 7) is 0. The predicted molar refractivity (Wildman–Crippen MR) is 51.7 cm³/mol. The zero-order chi connectivity index (χ0) is 11.6. The molecule has 0 atom stereocenters. The van der Waals surface area contributed by atoms with Crippen LogP contribution >= 0.6 is 11.3 Å². The molecule has 6 nitrogen and oxygen atoms in total. The molecule has 0 aromatic carbocycles. The number of aromatic carboxylic acids is 1. The summed E-state index contributed by atoms with van der Waals surface area (Å²) < 4.78 is 0. The van der Waals surface area contributed by atoms with E-state index in [4.69, 9.17) is 21.2 Å². The molecule has 0 saturated carbocycles. The maximum Gasteiger partial charge on any atom is 0.346 e. The molecule has 4 N–H and O–H groups in total. The molecular formula is C8H6N2O4S. The second-order valence-corrected chi connectivity index (χ2v) is 3.69. The van der Waals surface area contributed by atoms with Gasteiger partial charge in [0.25, 0.3) is 0 Å². The third kappa shape index (κ3) is 2.05. The van der Waals surface area contributed by atoms with Crippen LogP contribution in [-0.2, 0) is 11.2 Å². The Balaban J connectivity index is 3.36. The fraction of sp³-hybridized carbons (Fsp3) is 0.125. The van der Waals surface area contributed by atoms with E-state index in [-0.39, 0.29) is 21.0 Å². The van der Waals surface area contributed by atoms with Crippen molar-refractivity contribution in [2.45, 2.75) is 6.42 Å². The van der Waals surface area contributed by atoms with Crippen LogP contribution in [0.2, 0.25) is 0 Å². The minimum atomic E-state index is -1.27. The number of aliphatic carboxylic acids is 1. The smallest absolute Gasteiger partial charge is 0.346 e. The Morgan fingerprint density at radius 1 is 1.47 bits per heavy atom. The van der Waals surface area contributed by atoms with E-state index >= 15 is 0 Å². The minimum absolute atomic E-state index is 0.0278. The van der Waals surface area contributed by atoms with Crippen molar-refractivity contribution in [3.8, 4) is 6.07 Å². The van der Waals surface area contributed by atoms with E-state index in [1.807, 2.05) is 0 Å². The van der Waals surface area contributed by atoms with Crippen LogP contribution < -0.4 is 5.73 Å². The molecule has 1 heterocycles. The second kappa shape index (κ2) is 3.98. The highest BCUT2D eigenvalue weighted by atomic mass is 32.1. The van der Waals surface area contributed by atoms with E-state index in [1.165, 1.54) is 0 Å². The standard InChI is InChI=1S/C8H6N2O4S/c9-2-4-3(1-5(11)12)6(8(13)14)15-7(4)10/h1,10H2,(H,11,12)(H,13,14). The number of rotatable bonds is 3. The van der Waals surface area contributed by atoms with Crippen molar-refractivity contribution >= 4 is 28.3 Å². The predicted octanol–water partition coefficient (Wildman–Crippen LogP) is 0.527. The molecule has 1 aromatic heterocycles. The van der Waals surface area contributed by atoms with Crippen LogP contribution in [0.25, 0.3) is 0 Å². The van der Waals surface area contributed by atoms with Gasteiger partial charge in [-0.05, 0) is 0 Å². The Morgan fingerprint density at radius 2 is 2.07 bits per heavy atom. The summed E-state index contributed by atoms with van der Waals surface area (Å²) in [5, 5.41) is 26.1. The number of anilines is 1. The van der Waals surface area contributed by atoms with Crippen molar-refractivity contribution in [1.29, 1.82) is 5.26 Å². The van der Waals surface area contributed by atoms with Crippen molar-refractivity contribution < 1.29 is 19.8 Å². The molecule has 0 bridgehead atoms. The van der Waals surface area contributed by atoms with Gasteiger partial charge >= 0.3 is 11.9 Å². The molecule has 78 valence electrons. The average Bonchev–Trinajstić information content (AvgIpc) is 2.41. The number of carbonyl (C=O) groups is 2. The van der Waals surface area contributed by atoms with Gasteiger partial charge in [-0.15, -0.1) is 11.3 Å². The Kier molecular flexibility index (Phi) is 2.92. The number of hydrogen-bond acceptors (Lipinski definition) is 5. The average molecular weight is 226 g/mol. The lowest BCUT2D eigenvalue weighted by Gasteiger charge is -1.96. The topological polar surface area (TPSA) is 124 Å². The van der Waals surface area contributed by atoms with Gasteiger partial charge in [0.15, 0.2) is 0 Å². The number of nitrogens with two attached hydrogens (primary N) is 1. The summed E-state index contributed by atoms with van der Waals surface area (Å²) in [4.78, 5) is 21.0. The second-order valence-electron chi connectivity index (χ2n) is 2.64. The summed E-state index contributed by atoms with van der Waals surface area (Å²) >= 11 is 0.708. The molecule has 15 heavy (non-hydrogen) atoms. The lowest BCUT2D eigenvalue weighted by Crippen LogP contribution is -2.06. The van der Waals surface area contributed by atoms with E-state index in [1.54, 1.807) is 6.07 Å². The summed E-state index contributed by atoms with van der Waals surface area (Å²) in [6.07, 6.45) is -0.516. The number of thiophene rings is 1. The van der Waals surface area contributed by atoms with E-state index in [0.717, 1.165) is 0 Å². The normalized spacial score (nSPS) is 9.53. The Bertz CT molecular complexity index is 472. The quantitative estimate of drug-likeness (QED) is 0.690. The first kappa shape index (κ1) is 11.0. The maximum atomic E-state index is 10.7. The summed E-state index contributed by atoms with van der Waals surface area (Å²) in [6, 6.07) is 1.70. The van der Waals surface area contributed by atoms with Crippen molar-refractivity contribution in [3.05, 3.63) is 16.0 Å². The van der Waals surface area contributed by atoms with Crippen molar-refractivity contribution in [3.63, 3.8) is 0 Å². The Labute approximate surface area is 88.2 Å². The number of carboxylic acid groups (broad SMARTS) is 2. The monoisotopic (exact) mass is 226 g/mol. The van der Waals surface area contributed by atoms with Gasteiger partial charge < -0.3 is 15.9 Å². The van der Waals surface area contributed by atoms with Gasteiger partial charge in [0.1, 0.15) is 15.9 Å².